The first-order valence-corrected chi connectivity index (χ1v) is 8.69. The van der Waals surface area contributed by atoms with Gasteiger partial charge in [-0.1, -0.05) is 0 Å². The molecule has 1 unspecified atom stereocenters. The predicted molar refractivity (Wildman–Crippen MR) is 87.1 cm³/mol. The number of carbonyl (C=O) groups excluding carboxylic acids is 1. The van der Waals surface area contributed by atoms with E-state index in [1.165, 1.54) is 18.3 Å². The summed E-state index contributed by atoms with van der Waals surface area (Å²) in [7, 11) is 0. The van der Waals surface area contributed by atoms with Crippen molar-refractivity contribution < 1.29 is 27.4 Å². The molecule has 9 heteroatoms. The fraction of sp³-hybridized carbons (Fsp3) is 0.647. The molecule has 0 aromatic carbocycles. The van der Waals surface area contributed by atoms with E-state index >= 15 is 0 Å². The molecule has 6 nitrogen and oxygen atoms in total. The van der Waals surface area contributed by atoms with Gasteiger partial charge in [-0.25, -0.2) is 4.98 Å². The normalized spacial score (nSPS) is 21.8. The summed E-state index contributed by atoms with van der Waals surface area (Å²) in [6.45, 7) is 3.11. The van der Waals surface area contributed by atoms with Gasteiger partial charge in [-0.15, -0.1) is 0 Å². The van der Waals surface area contributed by atoms with Gasteiger partial charge in [0.1, 0.15) is 0 Å². The minimum absolute atomic E-state index is 0.153. The summed E-state index contributed by atoms with van der Waals surface area (Å²) in [5.74, 6) is -0.322. The molecule has 0 spiro atoms. The molecule has 144 valence electrons. The van der Waals surface area contributed by atoms with Crippen LogP contribution >= 0.6 is 0 Å². The molecule has 0 radical (unpaired) electrons. The molecular weight excluding hydrogens is 351 g/mol. The third-order valence-corrected chi connectivity index (χ3v) is 4.51. The number of rotatable bonds is 5. The molecule has 26 heavy (non-hydrogen) atoms. The van der Waals surface area contributed by atoms with E-state index in [0.717, 1.165) is 39.1 Å². The van der Waals surface area contributed by atoms with Crippen LogP contribution in [0.3, 0.4) is 0 Å². The Balaban J connectivity index is 1.47. The maximum absolute atomic E-state index is 12.5. The van der Waals surface area contributed by atoms with Crippen molar-refractivity contribution in [2.75, 3.05) is 45.9 Å². The van der Waals surface area contributed by atoms with Crippen LogP contribution in [0, 0.1) is 0 Å². The average molecular weight is 373 g/mol. The Morgan fingerprint density at radius 3 is 2.62 bits per heavy atom. The maximum atomic E-state index is 12.5. The number of halogens is 3. The lowest BCUT2D eigenvalue weighted by Crippen LogP contribution is -2.50. The van der Waals surface area contributed by atoms with Crippen molar-refractivity contribution in [3.05, 3.63) is 23.9 Å². The van der Waals surface area contributed by atoms with Gasteiger partial charge < -0.3 is 14.4 Å². The highest BCUT2D eigenvalue weighted by atomic mass is 19.4. The summed E-state index contributed by atoms with van der Waals surface area (Å²) in [5.41, 5.74) is 0.344. The first-order chi connectivity index (χ1) is 12.4. The zero-order valence-corrected chi connectivity index (χ0v) is 14.4. The lowest BCUT2D eigenvalue weighted by molar-refractivity contribution is -0.154. The largest absolute Gasteiger partial charge is 0.468 e. The van der Waals surface area contributed by atoms with Crippen LogP contribution in [0.2, 0.25) is 0 Å². The van der Waals surface area contributed by atoms with Gasteiger partial charge in [0.2, 0.25) is 5.88 Å². The van der Waals surface area contributed by atoms with E-state index in [9.17, 15) is 18.0 Å². The molecule has 1 aromatic rings. The summed E-state index contributed by atoms with van der Waals surface area (Å²) in [5, 5.41) is 0. The monoisotopic (exact) mass is 373 g/mol. The van der Waals surface area contributed by atoms with Gasteiger partial charge in [-0.2, -0.15) is 13.2 Å². The average Bonchev–Trinajstić information content (AvgIpc) is 3.13. The fourth-order valence-electron chi connectivity index (χ4n) is 3.14. The summed E-state index contributed by atoms with van der Waals surface area (Å²) in [6, 6.07) is 2.73. The second-order valence-corrected chi connectivity index (χ2v) is 6.52. The number of carbonyl (C=O) groups is 1. The molecule has 2 aliphatic rings. The van der Waals surface area contributed by atoms with Crippen LogP contribution in [0.15, 0.2) is 18.3 Å². The van der Waals surface area contributed by atoms with E-state index in [2.05, 4.69) is 14.6 Å². The minimum atomic E-state index is -4.42. The van der Waals surface area contributed by atoms with Crippen molar-refractivity contribution in [1.82, 2.24) is 14.8 Å². The van der Waals surface area contributed by atoms with Crippen molar-refractivity contribution in [2.45, 2.75) is 25.1 Å². The number of alkyl halides is 3. The summed E-state index contributed by atoms with van der Waals surface area (Å²) in [4.78, 5) is 20.3. The topological polar surface area (TPSA) is 54.9 Å². The number of pyridine rings is 1. The summed E-state index contributed by atoms with van der Waals surface area (Å²) >= 11 is 0. The molecule has 1 atom stereocenters. The zero-order chi connectivity index (χ0) is 18.6. The fourth-order valence-corrected chi connectivity index (χ4v) is 3.14. The van der Waals surface area contributed by atoms with Crippen molar-refractivity contribution in [2.24, 2.45) is 0 Å². The SMILES string of the molecule is O=C(c1ccc(OCC(F)(F)F)nc1)N1CCN(CC2CCCO2)CC1. The molecular formula is C17H22F3N3O3. The lowest BCUT2D eigenvalue weighted by atomic mass is 10.2. The summed E-state index contributed by atoms with van der Waals surface area (Å²) < 4.78 is 46.6. The van der Waals surface area contributed by atoms with E-state index in [1.807, 2.05) is 0 Å². The Labute approximate surface area is 149 Å². The van der Waals surface area contributed by atoms with E-state index < -0.39 is 12.8 Å². The first kappa shape index (κ1) is 18.9. The highest BCUT2D eigenvalue weighted by Crippen LogP contribution is 2.18. The Morgan fingerprint density at radius 1 is 1.27 bits per heavy atom. The number of aromatic nitrogens is 1. The van der Waals surface area contributed by atoms with Gasteiger partial charge in [-0.3, -0.25) is 9.69 Å². The van der Waals surface area contributed by atoms with Crippen molar-refractivity contribution >= 4 is 5.91 Å². The van der Waals surface area contributed by atoms with E-state index in [-0.39, 0.29) is 11.8 Å². The van der Waals surface area contributed by atoms with Crippen LogP contribution in [0.25, 0.3) is 0 Å². The molecule has 1 amide bonds. The van der Waals surface area contributed by atoms with Crippen LogP contribution < -0.4 is 4.74 Å². The van der Waals surface area contributed by atoms with Gasteiger partial charge >= 0.3 is 6.18 Å². The summed E-state index contributed by atoms with van der Waals surface area (Å²) in [6.07, 6.45) is -0.663. The van der Waals surface area contributed by atoms with Crippen LogP contribution in [-0.2, 0) is 4.74 Å². The number of ether oxygens (including phenoxy) is 2. The lowest BCUT2D eigenvalue weighted by Gasteiger charge is -2.35. The highest BCUT2D eigenvalue weighted by Gasteiger charge is 2.29. The Bertz CT molecular complexity index is 596. The van der Waals surface area contributed by atoms with Crippen molar-refractivity contribution in [1.29, 1.82) is 0 Å². The maximum Gasteiger partial charge on any atom is 0.422 e. The molecule has 3 heterocycles. The third kappa shape index (κ3) is 5.31. The van der Waals surface area contributed by atoms with E-state index in [4.69, 9.17) is 4.74 Å². The first-order valence-electron chi connectivity index (χ1n) is 8.69. The number of hydrogen-bond donors (Lipinski definition) is 0. The van der Waals surface area contributed by atoms with Crippen LogP contribution in [-0.4, -0.2) is 78.9 Å². The molecule has 0 saturated carbocycles. The van der Waals surface area contributed by atoms with Gasteiger partial charge in [0.25, 0.3) is 5.91 Å². The molecule has 3 rings (SSSR count). The quantitative estimate of drug-likeness (QED) is 0.790. The molecule has 0 bridgehead atoms. The van der Waals surface area contributed by atoms with Gasteiger partial charge in [0.05, 0.1) is 11.7 Å². The van der Waals surface area contributed by atoms with Crippen LogP contribution in [0.4, 0.5) is 13.2 Å². The van der Waals surface area contributed by atoms with Gasteiger partial charge in [0, 0.05) is 51.6 Å². The van der Waals surface area contributed by atoms with Crippen LogP contribution in [0.1, 0.15) is 23.2 Å². The Hall–Kier alpha value is -1.87. The molecule has 0 aliphatic carbocycles. The second-order valence-electron chi connectivity index (χ2n) is 6.52. The number of amides is 1. The Kier molecular flexibility index (Phi) is 5.98. The molecule has 2 saturated heterocycles. The second kappa shape index (κ2) is 8.22. The molecule has 2 fully saturated rings. The standard InChI is InChI=1S/C17H22F3N3O3/c18-17(19,20)12-26-15-4-3-13(10-21-15)16(24)23-7-5-22(6-8-23)11-14-2-1-9-25-14/h3-4,10,14H,1-2,5-9,11-12H2. The van der Waals surface area contributed by atoms with Crippen molar-refractivity contribution in [3.8, 4) is 5.88 Å². The van der Waals surface area contributed by atoms with Gasteiger partial charge in [0.15, 0.2) is 6.61 Å². The van der Waals surface area contributed by atoms with E-state index in [1.54, 1.807) is 4.90 Å². The van der Waals surface area contributed by atoms with Crippen molar-refractivity contribution in [3.63, 3.8) is 0 Å². The number of nitrogens with zero attached hydrogens (tertiary/aromatic N) is 3. The van der Waals surface area contributed by atoms with Crippen LogP contribution in [0.5, 0.6) is 5.88 Å². The molecule has 0 N–H and O–H groups in total. The van der Waals surface area contributed by atoms with Gasteiger partial charge in [-0.05, 0) is 18.9 Å². The predicted octanol–water partition coefficient (Wildman–Crippen LogP) is 1.96. The highest BCUT2D eigenvalue weighted by molar-refractivity contribution is 5.94. The third-order valence-electron chi connectivity index (χ3n) is 4.51. The molecule has 1 aromatic heterocycles. The Morgan fingerprint density at radius 2 is 2.04 bits per heavy atom. The van der Waals surface area contributed by atoms with E-state index in [0.29, 0.717) is 24.8 Å². The smallest absolute Gasteiger partial charge is 0.422 e. The molecule has 2 aliphatic heterocycles. The number of hydrogen-bond acceptors (Lipinski definition) is 5. The number of piperazine rings is 1. The minimum Gasteiger partial charge on any atom is -0.468 e. The zero-order valence-electron chi connectivity index (χ0n) is 14.4.